The van der Waals surface area contributed by atoms with Gasteiger partial charge in [-0.1, -0.05) is 11.2 Å². The molecule has 1 aromatic heterocycles. The SMILES string of the molecule is CCOc1ccc(N2C[C@H](C(=O)Nc3cccc(-c4nc(C5CC5)no4)c3)CC2=O)cc1. The minimum Gasteiger partial charge on any atom is -0.494 e. The zero-order valence-corrected chi connectivity index (χ0v) is 17.8. The van der Waals surface area contributed by atoms with E-state index in [0.717, 1.165) is 35.7 Å². The smallest absolute Gasteiger partial charge is 0.258 e. The van der Waals surface area contributed by atoms with Crippen molar-refractivity contribution in [3.8, 4) is 17.2 Å². The minimum absolute atomic E-state index is 0.0680. The molecule has 2 aromatic carbocycles. The molecular weight excluding hydrogens is 408 g/mol. The van der Waals surface area contributed by atoms with Crippen molar-refractivity contribution in [1.29, 1.82) is 0 Å². The Bertz CT molecular complexity index is 1140. The Morgan fingerprint density at radius 3 is 2.78 bits per heavy atom. The Balaban J connectivity index is 1.24. The molecule has 1 aliphatic heterocycles. The van der Waals surface area contributed by atoms with E-state index >= 15 is 0 Å². The number of ether oxygens (including phenoxy) is 1. The van der Waals surface area contributed by atoms with E-state index in [-0.39, 0.29) is 18.2 Å². The summed E-state index contributed by atoms with van der Waals surface area (Å²) >= 11 is 0. The molecule has 8 nitrogen and oxygen atoms in total. The molecule has 1 saturated heterocycles. The fourth-order valence-electron chi connectivity index (χ4n) is 3.86. The zero-order valence-electron chi connectivity index (χ0n) is 17.8. The fraction of sp³-hybridized carbons (Fsp3) is 0.333. The highest BCUT2D eigenvalue weighted by molar-refractivity contribution is 6.03. The van der Waals surface area contributed by atoms with Gasteiger partial charge >= 0.3 is 0 Å². The molecule has 5 rings (SSSR count). The van der Waals surface area contributed by atoms with Crippen LogP contribution < -0.4 is 15.0 Å². The van der Waals surface area contributed by atoms with Gasteiger partial charge in [-0.05, 0) is 62.2 Å². The molecule has 3 aromatic rings. The molecule has 2 fully saturated rings. The van der Waals surface area contributed by atoms with Crippen LogP contribution in [0.1, 0.15) is 37.9 Å². The molecule has 0 radical (unpaired) electrons. The normalized spacial score (nSPS) is 18.1. The Labute approximate surface area is 185 Å². The summed E-state index contributed by atoms with van der Waals surface area (Å²) in [6.45, 7) is 2.84. The highest BCUT2D eigenvalue weighted by Crippen LogP contribution is 2.39. The van der Waals surface area contributed by atoms with Crippen LogP contribution in [0.25, 0.3) is 11.5 Å². The number of benzene rings is 2. The first-order valence-electron chi connectivity index (χ1n) is 10.9. The first-order chi connectivity index (χ1) is 15.6. The van der Waals surface area contributed by atoms with Crippen LogP contribution in [-0.2, 0) is 9.59 Å². The van der Waals surface area contributed by atoms with Gasteiger partial charge in [-0.25, -0.2) is 0 Å². The van der Waals surface area contributed by atoms with Gasteiger partial charge in [-0.2, -0.15) is 4.98 Å². The topological polar surface area (TPSA) is 97.6 Å². The number of carbonyl (C=O) groups excluding carboxylic acids is 2. The predicted octanol–water partition coefficient (Wildman–Crippen LogP) is 4.00. The molecule has 0 unspecified atom stereocenters. The van der Waals surface area contributed by atoms with Crippen molar-refractivity contribution < 1.29 is 18.8 Å². The maximum atomic E-state index is 12.9. The van der Waals surface area contributed by atoms with Gasteiger partial charge in [0.05, 0.1) is 12.5 Å². The highest BCUT2D eigenvalue weighted by atomic mass is 16.5. The van der Waals surface area contributed by atoms with E-state index in [1.165, 1.54) is 0 Å². The molecule has 1 atom stereocenters. The monoisotopic (exact) mass is 432 g/mol. The van der Waals surface area contributed by atoms with Crippen molar-refractivity contribution in [1.82, 2.24) is 10.1 Å². The molecule has 2 heterocycles. The van der Waals surface area contributed by atoms with E-state index in [1.807, 2.05) is 49.4 Å². The lowest BCUT2D eigenvalue weighted by molar-refractivity contribution is -0.122. The summed E-state index contributed by atoms with van der Waals surface area (Å²) in [7, 11) is 0. The van der Waals surface area contributed by atoms with E-state index < -0.39 is 5.92 Å². The maximum Gasteiger partial charge on any atom is 0.258 e. The van der Waals surface area contributed by atoms with Crippen LogP contribution in [-0.4, -0.2) is 35.1 Å². The molecule has 1 saturated carbocycles. The van der Waals surface area contributed by atoms with E-state index in [0.29, 0.717) is 30.6 Å². The molecule has 2 amide bonds. The van der Waals surface area contributed by atoms with E-state index in [9.17, 15) is 9.59 Å². The number of amides is 2. The molecule has 0 spiro atoms. The predicted molar refractivity (Wildman–Crippen MR) is 118 cm³/mol. The number of anilines is 2. The summed E-state index contributed by atoms with van der Waals surface area (Å²) in [6, 6.07) is 14.7. The largest absolute Gasteiger partial charge is 0.494 e. The maximum absolute atomic E-state index is 12.9. The summed E-state index contributed by atoms with van der Waals surface area (Å²) in [4.78, 5) is 31.5. The molecule has 164 valence electrons. The summed E-state index contributed by atoms with van der Waals surface area (Å²) in [5.41, 5.74) is 2.14. The highest BCUT2D eigenvalue weighted by Gasteiger charge is 2.35. The molecule has 1 aliphatic carbocycles. The van der Waals surface area contributed by atoms with Gasteiger partial charge in [0.1, 0.15) is 5.75 Å². The molecule has 1 N–H and O–H groups in total. The molecule has 2 aliphatic rings. The van der Waals surface area contributed by atoms with Crippen LogP contribution in [0.4, 0.5) is 11.4 Å². The Kier molecular flexibility index (Phi) is 5.34. The van der Waals surface area contributed by atoms with Crippen LogP contribution in [0.3, 0.4) is 0 Å². The molecule has 8 heteroatoms. The number of nitrogens with one attached hydrogen (secondary N) is 1. The van der Waals surface area contributed by atoms with Gasteiger partial charge in [0.2, 0.25) is 11.8 Å². The second-order valence-electron chi connectivity index (χ2n) is 8.13. The van der Waals surface area contributed by atoms with Crippen molar-refractivity contribution in [3.05, 3.63) is 54.4 Å². The number of carbonyl (C=O) groups is 2. The van der Waals surface area contributed by atoms with Crippen LogP contribution in [0.5, 0.6) is 5.75 Å². The number of nitrogens with zero attached hydrogens (tertiary/aromatic N) is 3. The lowest BCUT2D eigenvalue weighted by Gasteiger charge is -2.17. The molecule has 0 bridgehead atoms. The van der Waals surface area contributed by atoms with Crippen LogP contribution in [0.2, 0.25) is 0 Å². The quantitative estimate of drug-likeness (QED) is 0.606. The first-order valence-corrected chi connectivity index (χ1v) is 10.9. The Morgan fingerprint density at radius 1 is 1.22 bits per heavy atom. The number of aromatic nitrogens is 2. The Morgan fingerprint density at radius 2 is 2.03 bits per heavy atom. The van der Waals surface area contributed by atoms with Crippen LogP contribution in [0.15, 0.2) is 53.1 Å². The van der Waals surface area contributed by atoms with E-state index in [4.69, 9.17) is 9.26 Å². The van der Waals surface area contributed by atoms with Crippen molar-refractivity contribution in [2.75, 3.05) is 23.4 Å². The van der Waals surface area contributed by atoms with Crippen LogP contribution >= 0.6 is 0 Å². The number of hydrogen-bond donors (Lipinski definition) is 1. The van der Waals surface area contributed by atoms with Gasteiger partial charge < -0.3 is 19.5 Å². The number of hydrogen-bond acceptors (Lipinski definition) is 6. The average Bonchev–Trinajstić information content (AvgIpc) is 3.39. The summed E-state index contributed by atoms with van der Waals surface area (Å²) < 4.78 is 10.8. The summed E-state index contributed by atoms with van der Waals surface area (Å²) in [5, 5.41) is 6.97. The minimum atomic E-state index is -0.428. The van der Waals surface area contributed by atoms with Gasteiger partial charge in [0.25, 0.3) is 5.89 Å². The third kappa shape index (κ3) is 4.21. The second kappa shape index (κ2) is 8.45. The van der Waals surface area contributed by atoms with Gasteiger partial charge in [0.15, 0.2) is 5.82 Å². The average molecular weight is 432 g/mol. The van der Waals surface area contributed by atoms with Crippen molar-refractivity contribution >= 4 is 23.2 Å². The first kappa shape index (κ1) is 20.2. The summed E-state index contributed by atoms with van der Waals surface area (Å²) in [6.07, 6.45) is 2.37. The summed E-state index contributed by atoms with van der Waals surface area (Å²) in [5.74, 6) is 1.67. The zero-order chi connectivity index (χ0) is 22.1. The Hall–Kier alpha value is -3.68. The number of rotatable bonds is 7. The van der Waals surface area contributed by atoms with E-state index in [1.54, 1.807) is 11.0 Å². The van der Waals surface area contributed by atoms with Crippen molar-refractivity contribution in [2.45, 2.75) is 32.1 Å². The van der Waals surface area contributed by atoms with Gasteiger partial charge in [-0.3, -0.25) is 9.59 Å². The van der Waals surface area contributed by atoms with Gasteiger partial charge in [-0.15, -0.1) is 0 Å². The third-order valence-electron chi connectivity index (χ3n) is 5.72. The standard InChI is InChI=1S/C24H24N4O4/c1-2-31-20-10-8-19(9-11-20)28-14-17(13-21(28)29)23(30)25-18-5-3-4-16(12-18)24-26-22(27-32-24)15-6-7-15/h3-5,8-12,15,17H,2,6-7,13-14H2,1H3,(H,25,30)/t17-/m1/s1. The van der Waals surface area contributed by atoms with Crippen LogP contribution in [0, 0.1) is 5.92 Å². The van der Waals surface area contributed by atoms with Crippen molar-refractivity contribution in [2.24, 2.45) is 5.92 Å². The third-order valence-corrected chi connectivity index (χ3v) is 5.72. The fourth-order valence-corrected chi connectivity index (χ4v) is 3.86. The second-order valence-corrected chi connectivity index (χ2v) is 8.13. The lowest BCUT2D eigenvalue weighted by Crippen LogP contribution is -2.28. The molecule has 32 heavy (non-hydrogen) atoms. The lowest BCUT2D eigenvalue weighted by atomic mass is 10.1. The van der Waals surface area contributed by atoms with E-state index in [2.05, 4.69) is 15.5 Å². The molecular formula is C24H24N4O4. The van der Waals surface area contributed by atoms with Crippen molar-refractivity contribution in [3.63, 3.8) is 0 Å². The van der Waals surface area contributed by atoms with Gasteiger partial charge in [0, 0.05) is 35.8 Å².